The molecule has 0 aliphatic carbocycles. The predicted octanol–water partition coefficient (Wildman–Crippen LogP) is 7.71. The third-order valence-electron chi connectivity index (χ3n) is 7.64. The maximum atomic E-state index is 11.0. The summed E-state index contributed by atoms with van der Waals surface area (Å²) in [7, 11) is 5.28. The van der Waals surface area contributed by atoms with Gasteiger partial charge in [0.05, 0.1) is 31.9 Å². The first-order chi connectivity index (χ1) is 24.8. The quantitative estimate of drug-likeness (QED) is 0.0924. The molecule has 0 radical (unpaired) electrons. The number of nitrogens with two attached hydrogens (primary N) is 2. The normalized spacial score (nSPS) is 9.62. The highest BCUT2D eigenvalue weighted by molar-refractivity contribution is 5.76. The van der Waals surface area contributed by atoms with Crippen LogP contribution in [0.15, 0.2) is 126 Å². The van der Waals surface area contributed by atoms with Crippen molar-refractivity contribution in [3.05, 3.63) is 175 Å². The van der Waals surface area contributed by atoms with Crippen LogP contribution in [0, 0.1) is 47.9 Å². The average molecular weight is 707 g/mol. The SMILES string of the molecule is CN.Cc1ccccc1N.Cc1ccccc1[N+](=O)[O-].Cc1ccccc1[N+](=O)[O-].Cc1nc2ccccc2n1C.Cn1c(=O)[nH]c2ccccc21. The van der Waals surface area contributed by atoms with Gasteiger partial charge in [-0.25, -0.2) is 9.78 Å². The summed E-state index contributed by atoms with van der Waals surface area (Å²) in [6, 6.07) is 36.9. The van der Waals surface area contributed by atoms with E-state index < -0.39 is 0 Å². The maximum absolute atomic E-state index is 11.0. The van der Waals surface area contributed by atoms with Crippen LogP contribution < -0.4 is 17.2 Å². The van der Waals surface area contributed by atoms with E-state index in [1.54, 1.807) is 61.9 Å². The predicted molar refractivity (Wildman–Crippen MR) is 210 cm³/mol. The van der Waals surface area contributed by atoms with Crippen molar-refractivity contribution < 1.29 is 9.85 Å². The second-order valence-electron chi connectivity index (χ2n) is 11.2. The Balaban J connectivity index is 0.000000223. The van der Waals surface area contributed by atoms with Gasteiger partial charge in [-0.05, 0) is 70.6 Å². The van der Waals surface area contributed by atoms with Crippen molar-refractivity contribution in [3.63, 3.8) is 0 Å². The number of nitrogens with one attached hydrogen (secondary N) is 1. The van der Waals surface area contributed by atoms with Crippen LogP contribution in [-0.2, 0) is 14.1 Å². The van der Waals surface area contributed by atoms with Gasteiger partial charge >= 0.3 is 5.69 Å². The highest BCUT2D eigenvalue weighted by Gasteiger charge is 2.07. The molecule has 0 spiro atoms. The standard InChI is InChI=1S/C9H10N2.C8H8N2O.2C7H7NO2.C7H9N.CH5N/c1-7-10-8-5-3-4-6-9(8)11(7)2;1-10-7-5-3-2-4-6(7)9-8(10)11;2*1-6-4-2-3-5-7(6)8(9)10;1-6-4-2-3-5-7(6)8;1-2/h3-6H,1-2H3;2-5H,1H3,(H,9,11);2*2-5H,1H3;2-5H,8H2,1H3;2H2,1H3. The zero-order valence-corrected chi connectivity index (χ0v) is 30.5. The Morgan fingerprint density at radius 2 is 1.02 bits per heavy atom. The summed E-state index contributed by atoms with van der Waals surface area (Å²) in [5.41, 5.74) is 17.8. The number of hydrogen-bond donors (Lipinski definition) is 3. The number of aromatic nitrogens is 4. The number of nitro benzene ring substituents is 2. The number of fused-ring (bicyclic) bond motifs is 2. The molecule has 5 N–H and O–H groups in total. The van der Waals surface area contributed by atoms with E-state index >= 15 is 0 Å². The van der Waals surface area contributed by atoms with Crippen LogP contribution in [0.25, 0.3) is 22.1 Å². The van der Waals surface area contributed by atoms with Gasteiger partial charge < -0.3 is 21.0 Å². The molecular weight excluding hydrogens is 660 g/mol. The zero-order chi connectivity index (χ0) is 38.8. The van der Waals surface area contributed by atoms with Gasteiger partial charge in [-0.15, -0.1) is 0 Å². The minimum Gasteiger partial charge on any atom is -0.399 e. The number of aryl methyl sites for hydroxylation is 6. The van der Waals surface area contributed by atoms with Crippen molar-refractivity contribution in [2.45, 2.75) is 27.7 Å². The Labute approximate surface area is 302 Å². The van der Waals surface area contributed by atoms with Crippen molar-refractivity contribution in [1.82, 2.24) is 19.1 Å². The lowest BCUT2D eigenvalue weighted by molar-refractivity contribution is -0.385. The number of H-pyrrole nitrogens is 1. The van der Waals surface area contributed by atoms with Gasteiger partial charge in [0.25, 0.3) is 11.4 Å². The summed E-state index contributed by atoms with van der Waals surface area (Å²) >= 11 is 0. The number of rotatable bonds is 2. The molecule has 2 aromatic heterocycles. The van der Waals surface area contributed by atoms with Crippen LogP contribution in [0.2, 0.25) is 0 Å². The number of anilines is 1. The lowest BCUT2D eigenvalue weighted by Crippen LogP contribution is -2.11. The van der Waals surface area contributed by atoms with Gasteiger partial charge in [-0.1, -0.05) is 78.9 Å². The minimum absolute atomic E-state index is 0.0637. The van der Waals surface area contributed by atoms with E-state index in [0.29, 0.717) is 11.1 Å². The van der Waals surface area contributed by atoms with Crippen molar-refractivity contribution in [2.24, 2.45) is 19.8 Å². The van der Waals surface area contributed by atoms with E-state index in [1.165, 1.54) is 24.7 Å². The van der Waals surface area contributed by atoms with Crippen LogP contribution in [0.1, 0.15) is 22.5 Å². The van der Waals surface area contributed by atoms with E-state index in [9.17, 15) is 25.0 Å². The largest absolute Gasteiger partial charge is 0.399 e. The molecule has 0 saturated heterocycles. The number of nitrogen functional groups attached to an aromatic ring is 1. The number of nitro groups is 2. The van der Waals surface area contributed by atoms with Gasteiger partial charge in [0.1, 0.15) is 5.82 Å². The van der Waals surface area contributed by atoms with Gasteiger partial charge in [0.2, 0.25) is 0 Å². The molecule has 0 fully saturated rings. The fourth-order valence-corrected chi connectivity index (χ4v) is 4.57. The summed E-state index contributed by atoms with van der Waals surface area (Å²) in [6.07, 6.45) is 0. The first-order valence-electron chi connectivity index (χ1n) is 16.1. The van der Waals surface area contributed by atoms with Crippen molar-refractivity contribution in [3.8, 4) is 0 Å². The zero-order valence-electron chi connectivity index (χ0n) is 30.5. The fraction of sp³-hybridized carbons (Fsp3) is 0.179. The highest BCUT2D eigenvalue weighted by Crippen LogP contribution is 2.16. The summed E-state index contributed by atoms with van der Waals surface area (Å²) in [5, 5.41) is 20.5. The van der Waals surface area contributed by atoms with Crippen LogP contribution in [-0.4, -0.2) is 36.0 Å². The van der Waals surface area contributed by atoms with Gasteiger partial charge in [-0.2, -0.15) is 0 Å². The monoisotopic (exact) mass is 706 g/mol. The molecule has 7 aromatic rings. The summed E-state index contributed by atoms with van der Waals surface area (Å²) < 4.78 is 3.69. The highest BCUT2D eigenvalue weighted by atomic mass is 16.6. The summed E-state index contributed by atoms with van der Waals surface area (Å²) in [4.78, 5) is 37.9. The van der Waals surface area contributed by atoms with Gasteiger partial charge in [0.15, 0.2) is 0 Å². The number of imidazole rings is 2. The van der Waals surface area contributed by atoms with E-state index in [-0.39, 0.29) is 26.9 Å². The Morgan fingerprint density at radius 3 is 1.42 bits per heavy atom. The molecule has 5 aromatic carbocycles. The van der Waals surface area contributed by atoms with Gasteiger partial charge in [0, 0.05) is 43.0 Å². The molecule has 0 atom stereocenters. The Morgan fingerprint density at radius 1 is 0.596 bits per heavy atom. The third-order valence-corrected chi connectivity index (χ3v) is 7.64. The molecule has 272 valence electrons. The van der Waals surface area contributed by atoms with Crippen LogP contribution in [0.5, 0.6) is 0 Å². The molecule has 2 heterocycles. The first-order valence-corrected chi connectivity index (χ1v) is 16.1. The topological polar surface area (TPSA) is 194 Å². The van der Waals surface area contributed by atoms with Crippen molar-refractivity contribution >= 4 is 39.1 Å². The second kappa shape index (κ2) is 20.8. The number of hydrogen-bond acceptors (Lipinski definition) is 8. The lowest BCUT2D eigenvalue weighted by atomic mass is 10.2. The number of benzene rings is 5. The van der Waals surface area contributed by atoms with E-state index in [0.717, 1.165) is 33.6 Å². The smallest absolute Gasteiger partial charge is 0.326 e. The van der Waals surface area contributed by atoms with Crippen LogP contribution >= 0.6 is 0 Å². The minimum atomic E-state index is -0.380. The van der Waals surface area contributed by atoms with E-state index in [2.05, 4.69) is 26.3 Å². The molecule has 52 heavy (non-hydrogen) atoms. The van der Waals surface area contributed by atoms with E-state index in [4.69, 9.17) is 5.73 Å². The second-order valence-corrected chi connectivity index (χ2v) is 11.2. The molecular formula is C39H46N8O5. The van der Waals surface area contributed by atoms with E-state index in [1.807, 2.05) is 87.6 Å². The molecule has 13 nitrogen and oxygen atoms in total. The third kappa shape index (κ3) is 12.1. The Kier molecular flexibility index (Phi) is 16.6. The molecule has 0 bridgehead atoms. The first kappa shape index (κ1) is 41.6. The number of nitrogens with zero attached hydrogens (tertiary/aromatic N) is 5. The van der Waals surface area contributed by atoms with Crippen molar-refractivity contribution in [2.75, 3.05) is 12.8 Å². The Hall–Kier alpha value is -6.60. The lowest BCUT2D eigenvalue weighted by Gasteiger charge is -1.93. The van der Waals surface area contributed by atoms with Crippen LogP contribution in [0.3, 0.4) is 0 Å². The number of aromatic amines is 1. The van der Waals surface area contributed by atoms with Crippen LogP contribution in [0.4, 0.5) is 17.1 Å². The number of para-hydroxylation sites is 7. The average Bonchev–Trinajstić information content (AvgIpc) is 3.60. The fourth-order valence-electron chi connectivity index (χ4n) is 4.57. The van der Waals surface area contributed by atoms with Crippen molar-refractivity contribution in [1.29, 1.82) is 0 Å². The molecule has 0 amide bonds. The van der Waals surface area contributed by atoms with Gasteiger partial charge in [-0.3, -0.25) is 24.8 Å². The molecule has 0 aliphatic rings. The molecule has 0 unspecified atom stereocenters. The molecule has 13 heteroatoms. The summed E-state index contributed by atoms with van der Waals surface area (Å²) in [6.45, 7) is 7.45. The molecule has 7 rings (SSSR count). The summed E-state index contributed by atoms with van der Waals surface area (Å²) in [5.74, 6) is 1.06. The molecule has 0 saturated carbocycles. The molecule has 0 aliphatic heterocycles. The Bertz CT molecular complexity index is 2180. The maximum Gasteiger partial charge on any atom is 0.326 e.